The van der Waals surface area contributed by atoms with Crippen LogP contribution in [0.1, 0.15) is 34.7 Å². The molecule has 3 aromatic carbocycles. The Morgan fingerprint density at radius 1 is 0.871 bits per heavy atom. The average molecular weight is 433 g/mol. The molecule has 0 saturated carbocycles. The van der Waals surface area contributed by atoms with Crippen LogP contribution >= 0.6 is 11.8 Å². The quantitative estimate of drug-likeness (QED) is 0.328. The van der Waals surface area contributed by atoms with Crippen LogP contribution in [0.15, 0.2) is 96.3 Å². The number of aromatic nitrogens is 2. The molecule has 0 atom stereocenters. The first-order valence-corrected chi connectivity index (χ1v) is 11.4. The van der Waals surface area contributed by atoms with E-state index >= 15 is 0 Å². The van der Waals surface area contributed by atoms with Gasteiger partial charge in [-0.1, -0.05) is 90.6 Å². The van der Waals surface area contributed by atoms with E-state index in [-0.39, 0.29) is 18.3 Å². The first-order chi connectivity index (χ1) is 15.3. The van der Waals surface area contributed by atoms with Crippen molar-refractivity contribution < 1.29 is 9.50 Å². The maximum Gasteiger partial charge on any atom is 0.168 e. The molecule has 0 bridgehead atoms. The molecule has 0 unspecified atom stereocenters. The number of aliphatic hydroxyl groups excluding tert-OH is 1. The Hall–Kier alpha value is -2.89. The second kappa shape index (κ2) is 10.4. The Bertz CT molecular complexity index is 1060. The first-order valence-electron chi connectivity index (χ1n) is 10.4. The van der Waals surface area contributed by atoms with Crippen LogP contribution in [-0.2, 0) is 18.9 Å². The van der Waals surface area contributed by atoms with Gasteiger partial charge >= 0.3 is 0 Å². The highest BCUT2D eigenvalue weighted by atomic mass is 32.2. The highest BCUT2D eigenvalue weighted by Crippen LogP contribution is 2.30. The minimum atomic E-state index is -0.205. The zero-order valence-electron chi connectivity index (χ0n) is 17.2. The zero-order valence-corrected chi connectivity index (χ0v) is 18.0. The first kappa shape index (κ1) is 21.3. The minimum Gasteiger partial charge on any atom is -0.390 e. The molecule has 0 saturated heterocycles. The average Bonchev–Trinajstić information content (AvgIpc) is 3.22. The number of thioether (sulfide) groups is 1. The Balaban J connectivity index is 1.55. The highest BCUT2D eigenvalue weighted by molar-refractivity contribution is 7.98. The molecule has 4 aromatic rings. The lowest BCUT2D eigenvalue weighted by Gasteiger charge is -2.20. The van der Waals surface area contributed by atoms with Gasteiger partial charge in [0.05, 0.1) is 18.5 Å². The third-order valence-corrected chi connectivity index (χ3v) is 6.46. The van der Waals surface area contributed by atoms with E-state index in [9.17, 15) is 9.50 Å². The second-order valence-corrected chi connectivity index (χ2v) is 8.33. The monoisotopic (exact) mass is 432 g/mol. The molecule has 0 aliphatic rings. The molecule has 0 radical (unpaired) electrons. The molecule has 158 valence electrons. The summed E-state index contributed by atoms with van der Waals surface area (Å²) in [6.07, 6.45) is 2.58. The Morgan fingerprint density at radius 2 is 1.48 bits per heavy atom. The summed E-state index contributed by atoms with van der Waals surface area (Å²) in [6, 6.07) is 27.8. The maximum atomic E-state index is 14.0. The van der Waals surface area contributed by atoms with Crippen molar-refractivity contribution in [3.63, 3.8) is 0 Å². The summed E-state index contributed by atoms with van der Waals surface area (Å²) in [6.45, 7) is 0.637. The molecule has 0 amide bonds. The summed E-state index contributed by atoms with van der Waals surface area (Å²) < 4.78 is 16.1. The van der Waals surface area contributed by atoms with E-state index < -0.39 is 0 Å². The molecular weight excluding hydrogens is 407 g/mol. The molecule has 1 N–H and O–H groups in total. The van der Waals surface area contributed by atoms with Crippen LogP contribution in [0.2, 0.25) is 0 Å². The molecule has 31 heavy (non-hydrogen) atoms. The van der Waals surface area contributed by atoms with Gasteiger partial charge in [0.15, 0.2) is 5.16 Å². The van der Waals surface area contributed by atoms with Crippen LogP contribution in [0.5, 0.6) is 0 Å². The third kappa shape index (κ3) is 5.24. The van der Waals surface area contributed by atoms with E-state index in [2.05, 4.69) is 58.1 Å². The molecule has 1 heterocycles. The van der Waals surface area contributed by atoms with Gasteiger partial charge < -0.3 is 9.67 Å². The Morgan fingerprint density at radius 3 is 2.10 bits per heavy atom. The highest BCUT2D eigenvalue weighted by Gasteiger charge is 2.17. The van der Waals surface area contributed by atoms with Crippen molar-refractivity contribution in [2.45, 2.75) is 36.4 Å². The molecule has 1 aromatic heterocycles. The lowest BCUT2D eigenvalue weighted by atomic mass is 9.88. The normalized spacial score (nSPS) is 11.2. The van der Waals surface area contributed by atoms with Gasteiger partial charge in [-0.3, -0.25) is 0 Å². The molecule has 0 spiro atoms. The van der Waals surface area contributed by atoms with Gasteiger partial charge in [-0.2, -0.15) is 0 Å². The number of hydrogen-bond acceptors (Lipinski definition) is 3. The lowest BCUT2D eigenvalue weighted by molar-refractivity contribution is 0.268. The molecule has 3 nitrogen and oxygen atoms in total. The third-order valence-electron chi connectivity index (χ3n) is 5.42. The summed E-state index contributed by atoms with van der Waals surface area (Å²) in [7, 11) is 0. The molecule has 5 heteroatoms. The van der Waals surface area contributed by atoms with Crippen molar-refractivity contribution in [2.75, 3.05) is 0 Å². The predicted molar refractivity (Wildman–Crippen MR) is 123 cm³/mol. The van der Waals surface area contributed by atoms with Crippen LogP contribution in [0.3, 0.4) is 0 Å². The van der Waals surface area contributed by atoms with E-state index in [0.717, 1.165) is 17.3 Å². The Labute approximate surface area is 186 Å². The molecular formula is C26H25FN2OS. The van der Waals surface area contributed by atoms with Gasteiger partial charge in [0, 0.05) is 18.2 Å². The van der Waals surface area contributed by atoms with E-state index in [1.807, 2.05) is 18.2 Å². The molecule has 0 aliphatic heterocycles. The number of benzene rings is 3. The number of nitrogens with zero attached hydrogens (tertiary/aromatic N) is 2. The number of rotatable bonds is 9. The van der Waals surface area contributed by atoms with Crippen LogP contribution < -0.4 is 0 Å². The smallest absolute Gasteiger partial charge is 0.168 e. The van der Waals surface area contributed by atoms with E-state index in [1.165, 1.54) is 29.0 Å². The molecule has 0 aliphatic carbocycles. The predicted octanol–water partition coefficient (Wildman–Crippen LogP) is 6.03. The fourth-order valence-electron chi connectivity index (χ4n) is 3.79. The number of aliphatic hydroxyl groups is 1. The van der Waals surface area contributed by atoms with Gasteiger partial charge in [-0.25, -0.2) is 9.37 Å². The van der Waals surface area contributed by atoms with Gasteiger partial charge in [0.25, 0.3) is 0 Å². The van der Waals surface area contributed by atoms with Gasteiger partial charge in [-0.15, -0.1) is 0 Å². The van der Waals surface area contributed by atoms with Crippen molar-refractivity contribution >= 4 is 11.8 Å². The van der Waals surface area contributed by atoms with Crippen molar-refractivity contribution in [3.05, 3.63) is 119 Å². The fourth-order valence-corrected chi connectivity index (χ4v) is 4.80. The van der Waals surface area contributed by atoms with Crippen molar-refractivity contribution in [2.24, 2.45) is 0 Å². The summed E-state index contributed by atoms with van der Waals surface area (Å²) in [5, 5.41) is 10.6. The summed E-state index contributed by atoms with van der Waals surface area (Å²) in [4.78, 5) is 4.50. The number of imidazole rings is 1. The fraction of sp³-hybridized carbons (Fsp3) is 0.192. The topological polar surface area (TPSA) is 38.1 Å². The van der Waals surface area contributed by atoms with Crippen molar-refractivity contribution in [1.29, 1.82) is 0 Å². The van der Waals surface area contributed by atoms with Crippen molar-refractivity contribution in [1.82, 2.24) is 9.55 Å². The van der Waals surface area contributed by atoms with Crippen LogP contribution in [0.4, 0.5) is 4.39 Å². The van der Waals surface area contributed by atoms with E-state index in [1.54, 1.807) is 18.3 Å². The Kier molecular flexibility index (Phi) is 7.18. The van der Waals surface area contributed by atoms with Crippen LogP contribution in [0.25, 0.3) is 0 Å². The van der Waals surface area contributed by atoms with Crippen LogP contribution in [0, 0.1) is 5.82 Å². The number of halogens is 1. The minimum absolute atomic E-state index is 0.0748. The molecule has 4 rings (SSSR count). The van der Waals surface area contributed by atoms with Gasteiger partial charge in [0.2, 0.25) is 0 Å². The van der Waals surface area contributed by atoms with Crippen LogP contribution in [-0.4, -0.2) is 14.7 Å². The summed E-state index contributed by atoms with van der Waals surface area (Å²) >= 11 is 1.49. The van der Waals surface area contributed by atoms with E-state index in [4.69, 9.17) is 0 Å². The largest absolute Gasteiger partial charge is 0.390 e. The number of hydrogen-bond donors (Lipinski definition) is 1. The molecule has 0 fully saturated rings. The standard InChI is InChI=1S/C26H25FN2OS/c27-25-14-8-7-13-22(25)19-31-26-28-17-23(18-30)29(26)16-15-24(20-9-3-1-4-10-20)21-11-5-2-6-12-21/h1-14,17,24,30H,15-16,18-19H2. The lowest BCUT2D eigenvalue weighted by Crippen LogP contribution is -2.10. The second-order valence-electron chi connectivity index (χ2n) is 7.38. The SMILES string of the molecule is OCc1cnc(SCc2ccccc2F)n1CCC(c1ccccc1)c1ccccc1. The summed E-state index contributed by atoms with van der Waals surface area (Å²) in [5.74, 6) is 0.527. The maximum absolute atomic E-state index is 14.0. The van der Waals surface area contributed by atoms with Crippen molar-refractivity contribution in [3.8, 4) is 0 Å². The van der Waals surface area contributed by atoms with E-state index in [0.29, 0.717) is 17.9 Å². The van der Waals surface area contributed by atoms with Gasteiger partial charge in [0.1, 0.15) is 5.82 Å². The summed E-state index contributed by atoms with van der Waals surface area (Å²) in [5.41, 5.74) is 3.95. The zero-order chi connectivity index (χ0) is 21.5. The van der Waals surface area contributed by atoms with Gasteiger partial charge in [-0.05, 0) is 29.2 Å².